The van der Waals surface area contributed by atoms with Crippen molar-refractivity contribution in [1.29, 1.82) is 0 Å². The van der Waals surface area contributed by atoms with Gasteiger partial charge in [-0.3, -0.25) is 4.79 Å². The lowest BCUT2D eigenvalue weighted by Crippen LogP contribution is -2.49. The molecule has 4 nitrogen and oxygen atoms in total. The first-order valence-corrected chi connectivity index (χ1v) is 7.30. The van der Waals surface area contributed by atoms with Crippen LogP contribution in [0, 0.1) is 0 Å². The Balaban J connectivity index is 1.94. The van der Waals surface area contributed by atoms with E-state index in [1.54, 1.807) is 0 Å². The number of nitrogens with zero attached hydrogens (tertiary/aromatic N) is 1. The summed E-state index contributed by atoms with van der Waals surface area (Å²) in [5, 5.41) is 12.5. The molecule has 0 atom stereocenters. The van der Waals surface area contributed by atoms with Crippen LogP contribution in [0.1, 0.15) is 51.4 Å². The van der Waals surface area contributed by atoms with Crippen LogP contribution >= 0.6 is 0 Å². The van der Waals surface area contributed by atoms with Gasteiger partial charge in [-0.05, 0) is 32.7 Å². The fourth-order valence-electron chi connectivity index (χ4n) is 3.14. The Hall–Kier alpha value is -0.610. The number of rotatable bonds is 6. The van der Waals surface area contributed by atoms with Gasteiger partial charge in [0.25, 0.3) is 0 Å². The lowest BCUT2D eigenvalue weighted by Gasteiger charge is -2.38. The lowest BCUT2D eigenvalue weighted by molar-refractivity contribution is -0.134. The molecule has 2 saturated carbocycles. The molecule has 2 aliphatic rings. The maximum absolute atomic E-state index is 12.4. The highest BCUT2D eigenvalue weighted by Crippen LogP contribution is 2.33. The molecule has 4 heteroatoms. The van der Waals surface area contributed by atoms with E-state index < -0.39 is 0 Å². The average Bonchev–Trinajstić information content (AvgIpc) is 3.21. The fraction of sp³-hybridized carbons (Fsp3) is 0.929. The maximum Gasteiger partial charge on any atom is 0.224 e. The SMILES string of the molecule is CNC1(CC(=O)N(CCO)C2CC2)CCCCC1. The normalized spacial score (nSPS) is 22.8. The third-order valence-corrected chi connectivity index (χ3v) is 4.48. The average molecular weight is 254 g/mol. The Kier molecular flexibility index (Phi) is 4.62. The molecule has 104 valence electrons. The lowest BCUT2D eigenvalue weighted by atomic mass is 9.79. The summed E-state index contributed by atoms with van der Waals surface area (Å²) in [6.07, 6.45) is 8.76. The van der Waals surface area contributed by atoms with Gasteiger partial charge in [-0.25, -0.2) is 0 Å². The van der Waals surface area contributed by atoms with E-state index in [9.17, 15) is 4.79 Å². The molecule has 0 spiro atoms. The molecule has 0 aromatic heterocycles. The molecular weight excluding hydrogens is 228 g/mol. The first kappa shape index (κ1) is 13.8. The van der Waals surface area contributed by atoms with Gasteiger partial charge in [0.05, 0.1) is 6.61 Å². The Morgan fingerprint density at radius 2 is 2.00 bits per heavy atom. The van der Waals surface area contributed by atoms with E-state index in [-0.39, 0.29) is 18.1 Å². The van der Waals surface area contributed by atoms with Crippen molar-refractivity contribution < 1.29 is 9.90 Å². The van der Waals surface area contributed by atoms with Crippen molar-refractivity contribution >= 4 is 5.91 Å². The van der Waals surface area contributed by atoms with Crippen LogP contribution in [0.4, 0.5) is 0 Å². The van der Waals surface area contributed by atoms with Gasteiger partial charge in [0.1, 0.15) is 0 Å². The zero-order valence-corrected chi connectivity index (χ0v) is 11.5. The topological polar surface area (TPSA) is 52.6 Å². The molecule has 18 heavy (non-hydrogen) atoms. The summed E-state index contributed by atoms with van der Waals surface area (Å²) in [6, 6.07) is 0.405. The number of amides is 1. The Bertz CT molecular complexity index is 284. The second-order valence-electron chi connectivity index (χ2n) is 5.81. The molecule has 0 aromatic carbocycles. The molecule has 0 bridgehead atoms. The number of carbonyl (C=O) groups excluding carboxylic acids is 1. The van der Waals surface area contributed by atoms with Crippen LogP contribution in [-0.2, 0) is 4.79 Å². The molecule has 2 N–H and O–H groups in total. The van der Waals surface area contributed by atoms with E-state index in [0.717, 1.165) is 25.7 Å². The summed E-state index contributed by atoms with van der Waals surface area (Å²) in [5.41, 5.74) is 0.0118. The van der Waals surface area contributed by atoms with E-state index in [1.807, 2.05) is 11.9 Å². The van der Waals surface area contributed by atoms with Crippen LogP contribution in [-0.4, -0.2) is 47.7 Å². The molecule has 0 aliphatic heterocycles. The summed E-state index contributed by atoms with van der Waals surface area (Å²) < 4.78 is 0. The summed E-state index contributed by atoms with van der Waals surface area (Å²) in [6.45, 7) is 0.581. The molecular formula is C14H26N2O2. The van der Waals surface area contributed by atoms with Crippen molar-refractivity contribution in [2.45, 2.75) is 62.9 Å². The predicted molar refractivity (Wildman–Crippen MR) is 71.3 cm³/mol. The van der Waals surface area contributed by atoms with Gasteiger partial charge >= 0.3 is 0 Å². The van der Waals surface area contributed by atoms with Crippen molar-refractivity contribution in [3.63, 3.8) is 0 Å². The third-order valence-electron chi connectivity index (χ3n) is 4.48. The van der Waals surface area contributed by atoms with Crippen molar-refractivity contribution in [2.75, 3.05) is 20.2 Å². The summed E-state index contributed by atoms with van der Waals surface area (Å²) >= 11 is 0. The quantitative estimate of drug-likeness (QED) is 0.751. The minimum atomic E-state index is 0.0118. The standard InChI is InChI=1S/C14H26N2O2/c1-15-14(7-3-2-4-8-14)11-13(18)16(9-10-17)12-5-6-12/h12,15,17H,2-11H2,1H3. The highest BCUT2D eigenvalue weighted by molar-refractivity contribution is 5.78. The summed E-state index contributed by atoms with van der Waals surface area (Å²) in [5.74, 6) is 0.225. The molecule has 0 radical (unpaired) electrons. The van der Waals surface area contributed by atoms with Crippen LogP contribution < -0.4 is 5.32 Å². The molecule has 2 fully saturated rings. The largest absolute Gasteiger partial charge is 0.395 e. The van der Waals surface area contributed by atoms with Gasteiger partial charge in [0.2, 0.25) is 5.91 Å². The van der Waals surface area contributed by atoms with Crippen LogP contribution in [0.3, 0.4) is 0 Å². The molecule has 2 rings (SSSR count). The number of nitrogens with one attached hydrogen (secondary N) is 1. The Morgan fingerprint density at radius 3 is 2.50 bits per heavy atom. The number of hydrogen-bond acceptors (Lipinski definition) is 3. The van der Waals surface area contributed by atoms with Crippen molar-refractivity contribution in [3.8, 4) is 0 Å². The molecule has 1 amide bonds. The summed E-state index contributed by atoms with van der Waals surface area (Å²) in [7, 11) is 1.98. The van der Waals surface area contributed by atoms with Crippen molar-refractivity contribution in [2.24, 2.45) is 0 Å². The number of carbonyl (C=O) groups is 1. The monoisotopic (exact) mass is 254 g/mol. The van der Waals surface area contributed by atoms with Gasteiger partial charge in [-0.1, -0.05) is 19.3 Å². The van der Waals surface area contributed by atoms with Gasteiger partial charge in [0.15, 0.2) is 0 Å². The van der Waals surface area contributed by atoms with Crippen molar-refractivity contribution in [1.82, 2.24) is 10.2 Å². The second-order valence-corrected chi connectivity index (χ2v) is 5.81. The Labute approximate surface area is 110 Å². The predicted octanol–water partition coefficient (Wildman–Crippen LogP) is 1.28. The smallest absolute Gasteiger partial charge is 0.224 e. The highest BCUT2D eigenvalue weighted by atomic mass is 16.3. The minimum absolute atomic E-state index is 0.0118. The van der Waals surface area contributed by atoms with E-state index in [2.05, 4.69) is 5.32 Å². The minimum Gasteiger partial charge on any atom is -0.395 e. The maximum atomic E-state index is 12.4. The summed E-state index contributed by atoms with van der Waals surface area (Å²) in [4.78, 5) is 14.3. The number of aliphatic hydroxyl groups is 1. The second kappa shape index (κ2) is 6.02. The van der Waals surface area contributed by atoms with Crippen LogP contribution in [0.5, 0.6) is 0 Å². The van der Waals surface area contributed by atoms with Gasteiger partial charge in [0, 0.05) is 24.5 Å². The number of hydrogen-bond donors (Lipinski definition) is 2. The van der Waals surface area contributed by atoms with Gasteiger partial charge in [-0.2, -0.15) is 0 Å². The van der Waals surface area contributed by atoms with Gasteiger partial charge in [-0.15, -0.1) is 0 Å². The zero-order chi connectivity index (χ0) is 13.0. The molecule has 0 saturated heterocycles. The van der Waals surface area contributed by atoms with Crippen LogP contribution in [0.15, 0.2) is 0 Å². The zero-order valence-electron chi connectivity index (χ0n) is 11.5. The first-order chi connectivity index (χ1) is 8.71. The number of aliphatic hydroxyl groups excluding tert-OH is 1. The molecule has 0 heterocycles. The van der Waals surface area contributed by atoms with Crippen LogP contribution in [0.25, 0.3) is 0 Å². The Morgan fingerprint density at radius 1 is 1.33 bits per heavy atom. The van der Waals surface area contributed by atoms with Gasteiger partial charge < -0.3 is 15.3 Å². The van der Waals surface area contributed by atoms with E-state index in [4.69, 9.17) is 5.11 Å². The van der Waals surface area contributed by atoms with E-state index in [1.165, 1.54) is 19.3 Å². The van der Waals surface area contributed by atoms with E-state index >= 15 is 0 Å². The molecule has 0 aromatic rings. The van der Waals surface area contributed by atoms with Crippen LogP contribution in [0.2, 0.25) is 0 Å². The fourth-order valence-corrected chi connectivity index (χ4v) is 3.14. The van der Waals surface area contributed by atoms with Crippen molar-refractivity contribution in [3.05, 3.63) is 0 Å². The third kappa shape index (κ3) is 3.23. The highest BCUT2D eigenvalue weighted by Gasteiger charge is 2.38. The van der Waals surface area contributed by atoms with E-state index in [0.29, 0.717) is 19.0 Å². The molecule has 0 unspecified atom stereocenters. The first-order valence-electron chi connectivity index (χ1n) is 7.30. The molecule has 2 aliphatic carbocycles.